The molecule has 0 spiro atoms. The summed E-state index contributed by atoms with van der Waals surface area (Å²) in [7, 11) is -3.81. The van der Waals surface area contributed by atoms with Crippen molar-refractivity contribution in [3.05, 3.63) is 29.6 Å². The summed E-state index contributed by atoms with van der Waals surface area (Å²) in [6.07, 6.45) is 0.0688. The Morgan fingerprint density at radius 1 is 1.37 bits per heavy atom. The average Bonchev–Trinajstić information content (AvgIpc) is 2.39. The van der Waals surface area contributed by atoms with Crippen LogP contribution in [0.4, 0.5) is 4.39 Å². The molecule has 0 N–H and O–H groups in total. The largest absolute Gasteiger partial charge is 0.243 e. The molecular formula is C12H12FN3O2S. The van der Waals surface area contributed by atoms with Crippen molar-refractivity contribution >= 4 is 10.0 Å². The van der Waals surface area contributed by atoms with E-state index in [1.165, 1.54) is 0 Å². The molecule has 0 unspecified atom stereocenters. The molecule has 1 aromatic rings. The first kappa shape index (κ1) is 15.1. The second-order valence-electron chi connectivity index (χ2n) is 3.66. The quantitative estimate of drug-likeness (QED) is 0.820. The summed E-state index contributed by atoms with van der Waals surface area (Å²) in [4.78, 5) is -0.148. The molecule has 0 amide bonds. The fourth-order valence-electron chi connectivity index (χ4n) is 1.52. The van der Waals surface area contributed by atoms with Gasteiger partial charge in [0.25, 0.3) is 0 Å². The Kier molecular flexibility index (Phi) is 4.99. The number of nitrogens with zero attached hydrogens (tertiary/aromatic N) is 3. The Morgan fingerprint density at radius 2 is 2.05 bits per heavy atom. The molecule has 0 saturated heterocycles. The topological polar surface area (TPSA) is 85.0 Å². The van der Waals surface area contributed by atoms with E-state index >= 15 is 0 Å². The minimum atomic E-state index is -3.81. The van der Waals surface area contributed by atoms with Crippen LogP contribution in [0.2, 0.25) is 0 Å². The van der Waals surface area contributed by atoms with Crippen molar-refractivity contribution in [3.63, 3.8) is 0 Å². The first-order chi connectivity index (χ1) is 8.97. The van der Waals surface area contributed by atoms with Crippen LogP contribution in [0, 0.1) is 28.5 Å². The zero-order valence-electron chi connectivity index (χ0n) is 10.3. The molecule has 7 heteroatoms. The number of benzene rings is 1. The number of hydrogen-bond donors (Lipinski definition) is 0. The molecule has 19 heavy (non-hydrogen) atoms. The fraction of sp³-hybridized carbons (Fsp3) is 0.333. The van der Waals surface area contributed by atoms with Crippen LogP contribution in [0.1, 0.15) is 18.9 Å². The van der Waals surface area contributed by atoms with Gasteiger partial charge < -0.3 is 0 Å². The van der Waals surface area contributed by atoms with Crippen molar-refractivity contribution in [1.82, 2.24) is 4.31 Å². The minimum Gasteiger partial charge on any atom is -0.207 e. The standard InChI is InChI=1S/C12H12FN3O2S/c1-2-16(7-3-6-14)19(17,18)11-4-5-12(13)10(8-11)9-15/h4-5,8H,2-3,7H2,1H3. The zero-order valence-corrected chi connectivity index (χ0v) is 11.1. The van der Waals surface area contributed by atoms with E-state index in [0.29, 0.717) is 0 Å². The molecule has 0 aliphatic heterocycles. The van der Waals surface area contributed by atoms with E-state index in [-0.39, 0.29) is 30.0 Å². The predicted octanol–water partition coefficient (Wildman–Crippen LogP) is 1.62. The van der Waals surface area contributed by atoms with E-state index in [1.807, 2.05) is 6.07 Å². The van der Waals surface area contributed by atoms with Crippen LogP contribution >= 0.6 is 0 Å². The third kappa shape index (κ3) is 3.28. The lowest BCUT2D eigenvalue weighted by molar-refractivity contribution is 0.435. The Morgan fingerprint density at radius 3 is 2.58 bits per heavy atom. The average molecular weight is 281 g/mol. The predicted molar refractivity (Wildman–Crippen MR) is 65.8 cm³/mol. The first-order valence-electron chi connectivity index (χ1n) is 5.54. The Bertz CT molecular complexity index is 644. The lowest BCUT2D eigenvalue weighted by Crippen LogP contribution is -2.31. The molecule has 0 fully saturated rings. The summed E-state index contributed by atoms with van der Waals surface area (Å²) in [5.74, 6) is -0.762. The van der Waals surface area contributed by atoms with Crippen LogP contribution in [-0.4, -0.2) is 25.8 Å². The molecule has 1 rings (SSSR count). The number of halogens is 1. The lowest BCUT2D eigenvalue weighted by Gasteiger charge is -2.19. The molecule has 0 aliphatic carbocycles. The second-order valence-corrected chi connectivity index (χ2v) is 5.60. The van der Waals surface area contributed by atoms with Gasteiger partial charge in [0.1, 0.15) is 11.9 Å². The van der Waals surface area contributed by atoms with Gasteiger partial charge in [0.05, 0.1) is 16.5 Å². The van der Waals surface area contributed by atoms with Gasteiger partial charge in [0, 0.05) is 19.5 Å². The van der Waals surface area contributed by atoms with Crippen LogP contribution in [-0.2, 0) is 10.0 Å². The number of rotatable bonds is 5. The molecule has 5 nitrogen and oxygen atoms in total. The highest BCUT2D eigenvalue weighted by molar-refractivity contribution is 7.89. The van der Waals surface area contributed by atoms with Gasteiger partial charge in [0.15, 0.2) is 0 Å². The monoisotopic (exact) mass is 281 g/mol. The third-order valence-corrected chi connectivity index (χ3v) is 4.49. The summed E-state index contributed by atoms with van der Waals surface area (Å²) in [6, 6.07) is 6.53. The van der Waals surface area contributed by atoms with Crippen molar-refractivity contribution in [2.45, 2.75) is 18.2 Å². The van der Waals surface area contributed by atoms with Crippen molar-refractivity contribution in [2.75, 3.05) is 13.1 Å². The SMILES string of the molecule is CCN(CCC#N)S(=O)(=O)c1ccc(F)c(C#N)c1. The number of nitriles is 2. The summed E-state index contributed by atoms with van der Waals surface area (Å²) >= 11 is 0. The van der Waals surface area contributed by atoms with E-state index < -0.39 is 15.8 Å². The maximum absolute atomic E-state index is 13.2. The van der Waals surface area contributed by atoms with Gasteiger partial charge in [-0.1, -0.05) is 6.92 Å². The Hall–Kier alpha value is -1.96. The second kappa shape index (κ2) is 6.28. The van der Waals surface area contributed by atoms with Crippen LogP contribution < -0.4 is 0 Å². The molecule has 0 atom stereocenters. The summed E-state index contributed by atoms with van der Waals surface area (Å²) in [6.45, 7) is 1.90. The van der Waals surface area contributed by atoms with Crippen molar-refractivity contribution < 1.29 is 12.8 Å². The Labute approximate surface area is 111 Å². The van der Waals surface area contributed by atoms with Crippen LogP contribution in [0.5, 0.6) is 0 Å². The molecule has 100 valence electrons. The highest BCUT2D eigenvalue weighted by atomic mass is 32.2. The minimum absolute atomic E-state index is 0.0641. The van der Waals surface area contributed by atoms with Gasteiger partial charge >= 0.3 is 0 Å². The van der Waals surface area contributed by atoms with Crippen LogP contribution in [0.25, 0.3) is 0 Å². The molecule has 0 saturated carbocycles. The van der Waals surface area contributed by atoms with Gasteiger partial charge in [-0.3, -0.25) is 0 Å². The summed E-state index contributed by atoms with van der Waals surface area (Å²) in [5, 5.41) is 17.2. The van der Waals surface area contributed by atoms with Crippen molar-refractivity contribution in [3.8, 4) is 12.1 Å². The van der Waals surface area contributed by atoms with Crippen molar-refractivity contribution in [2.24, 2.45) is 0 Å². The van der Waals surface area contributed by atoms with Gasteiger partial charge in [0.2, 0.25) is 10.0 Å². The van der Waals surface area contributed by atoms with Gasteiger partial charge in [-0.05, 0) is 18.2 Å². The first-order valence-corrected chi connectivity index (χ1v) is 6.98. The molecule has 0 aliphatic rings. The molecule has 0 heterocycles. The normalized spacial score (nSPS) is 11.0. The molecule has 0 bridgehead atoms. The summed E-state index contributed by atoms with van der Waals surface area (Å²) in [5.41, 5.74) is -0.322. The van der Waals surface area contributed by atoms with Gasteiger partial charge in [-0.2, -0.15) is 14.8 Å². The highest BCUT2D eigenvalue weighted by Crippen LogP contribution is 2.19. The van der Waals surface area contributed by atoms with Gasteiger partial charge in [-0.15, -0.1) is 0 Å². The van der Waals surface area contributed by atoms with E-state index in [2.05, 4.69) is 0 Å². The fourth-order valence-corrected chi connectivity index (χ4v) is 3.00. The Balaban J connectivity index is 3.20. The van der Waals surface area contributed by atoms with E-state index in [9.17, 15) is 12.8 Å². The van der Waals surface area contributed by atoms with Gasteiger partial charge in [-0.25, -0.2) is 12.8 Å². The molecule has 1 aromatic carbocycles. The third-order valence-electron chi connectivity index (χ3n) is 2.52. The van der Waals surface area contributed by atoms with E-state index in [4.69, 9.17) is 10.5 Å². The molecule has 0 radical (unpaired) electrons. The van der Waals surface area contributed by atoms with Crippen LogP contribution in [0.15, 0.2) is 23.1 Å². The lowest BCUT2D eigenvalue weighted by atomic mass is 10.2. The number of sulfonamides is 1. The van der Waals surface area contributed by atoms with Crippen LogP contribution in [0.3, 0.4) is 0 Å². The maximum Gasteiger partial charge on any atom is 0.243 e. The maximum atomic E-state index is 13.2. The van der Waals surface area contributed by atoms with E-state index in [1.54, 1.807) is 13.0 Å². The zero-order chi connectivity index (χ0) is 14.5. The smallest absolute Gasteiger partial charge is 0.207 e. The molecule has 0 aromatic heterocycles. The van der Waals surface area contributed by atoms with E-state index in [0.717, 1.165) is 22.5 Å². The van der Waals surface area contributed by atoms with Crippen molar-refractivity contribution in [1.29, 1.82) is 10.5 Å². The number of hydrogen-bond acceptors (Lipinski definition) is 4. The highest BCUT2D eigenvalue weighted by Gasteiger charge is 2.23. The summed E-state index contributed by atoms with van der Waals surface area (Å²) < 4.78 is 38.8. The molecular weight excluding hydrogens is 269 g/mol.